The van der Waals surface area contributed by atoms with E-state index in [9.17, 15) is 4.79 Å². The Morgan fingerprint density at radius 1 is 1.10 bits per heavy atom. The van der Waals surface area contributed by atoms with Crippen LogP contribution in [-0.2, 0) is 6.54 Å². The highest BCUT2D eigenvalue weighted by molar-refractivity contribution is 5.95. The molecule has 2 aromatic heterocycles. The molecule has 152 valence electrons. The van der Waals surface area contributed by atoms with Crippen LogP contribution < -0.4 is 10.1 Å². The van der Waals surface area contributed by atoms with Gasteiger partial charge in [-0.05, 0) is 36.2 Å². The molecule has 0 aliphatic carbocycles. The molecule has 2 aromatic carbocycles. The average Bonchev–Trinajstić information content (AvgIpc) is 3.20. The van der Waals surface area contributed by atoms with Crippen molar-refractivity contribution in [2.75, 3.05) is 13.2 Å². The number of nitrogens with one attached hydrogen (secondary N) is 2. The zero-order chi connectivity index (χ0) is 20.9. The molecule has 0 radical (unpaired) electrons. The van der Waals surface area contributed by atoms with Crippen molar-refractivity contribution < 1.29 is 14.6 Å². The summed E-state index contributed by atoms with van der Waals surface area (Å²) in [5.41, 5.74) is 5.44. The Balaban J connectivity index is 1.32. The van der Waals surface area contributed by atoms with Crippen molar-refractivity contribution in [2.45, 2.75) is 13.5 Å². The predicted octanol–water partition coefficient (Wildman–Crippen LogP) is 4.41. The third kappa shape index (κ3) is 4.50. The van der Waals surface area contributed by atoms with E-state index in [0.717, 1.165) is 22.1 Å². The second-order valence-corrected chi connectivity index (χ2v) is 7.18. The fourth-order valence-corrected chi connectivity index (χ4v) is 3.32. The Morgan fingerprint density at radius 2 is 1.93 bits per heavy atom. The second kappa shape index (κ2) is 8.80. The molecule has 4 rings (SSSR count). The number of benzene rings is 2. The maximum Gasteiger partial charge on any atom is 0.352 e. The molecule has 4 aromatic rings. The van der Waals surface area contributed by atoms with Gasteiger partial charge in [0.15, 0.2) is 0 Å². The summed E-state index contributed by atoms with van der Waals surface area (Å²) in [4.78, 5) is 18.4. The van der Waals surface area contributed by atoms with Crippen molar-refractivity contribution in [3.63, 3.8) is 0 Å². The first-order chi connectivity index (χ1) is 14.6. The van der Waals surface area contributed by atoms with Gasteiger partial charge in [-0.15, -0.1) is 0 Å². The van der Waals surface area contributed by atoms with Crippen molar-refractivity contribution >= 4 is 16.9 Å². The molecule has 30 heavy (non-hydrogen) atoms. The Kier molecular flexibility index (Phi) is 5.77. The van der Waals surface area contributed by atoms with E-state index >= 15 is 0 Å². The maximum absolute atomic E-state index is 11.2. The van der Waals surface area contributed by atoms with Crippen LogP contribution in [0.25, 0.3) is 22.0 Å². The first kappa shape index (κ1) is 19.7. The molecule has 0 saturated heterocycles. The number of ether oxygens (including phenoxy) is 1. The Bertz CT molecular complexity index is 1170. The third-order valence-corrected chi connectivity index (χ3v) is 4.89. The van der Waals surface area contributed by atoms with Crippen LogP contribution in [0.1, 0.15) is 21.6 Å². The molecule has 2 heterocycles. The first-order valence-electron chi connectivity index (χ1n) is 9.80. The topological polar surface area (TPSA) is 87.2 Å². The van der Waals surface area contributed by atoms with Crippen LogP contribution in [0, 0.1) is 6.92 Å². The SMILES string of the molecule is Cc1ccc(-c2cncc(CNCCOc3cccc4cc(C(=O)O)[nH]c34)c2)cc1. The Hall–Kier alpha value is -3.64. The minimum absolute atomic E-state index is 0.153. The number of hydrogen-bond donors (Lipinski definition) is 3. The number of carboxylic acid groups (broad SMARTS) is 1. The Morgan fingerprint density at radius 3 is 2.73 bits per heavy atom. The number of hydrogen-bond acceptors (Lipinski definition) is 4. The normalized spacial score (nSPS) is 11.0. The fraction of sp³-hybridized carbons (Fsp3) is 0.167. The van der Waals surface area contributed by atoms with Crippen molar-refractivity contribution in [3.05, 3.63) is 83.8 Å². The van der Waals surface area contributed by atoms with Crippen LogP contribution in [0.2, 0.25) is 0 Å². The largest absolute Gasteiger partial charge is 0.490 e. The molecule has 0 spiro atoms. The average molecular weight is 401 g/mol. The van der Waals surface area contributed by atoms with E-state index in [1.54, 1.807) is 6.07 Å². The number of aromatic nitrogens is 2. The van der Waals surface area contributed by atoms with E-state index in [2.05, 4.69) is 52.5 Å². The van der Waals surface area contributed by atoms with Crippen LogP contribution in [0.5, 0.6) is 5.75 Å². The quantitative estimate of drug-likeness (QED) is 0.381. The van der Waals surface area contributed by atoms with Gasteiger partial charge < -0.3 is 20.1 Å². The summed E-state index contributed by atoms with van der Waals surface area (Å²) in [6.45, 7) is 3.88. The van der Waals surface area contributed by atoms with Crippen molar-refractivity contribution in [2.24, 2.45) is 0 Å². The van der Waals surface area contributed by atoms with Crippen molar-refractivity contribution in [1.29, 1.82) is 0 Å². The van der Waals surface area contributed by atoms with E-state index in [4.69, 9.17) is 9.84 Å². The number of aromatic carboxylic acids is 1. The van der Waals surface area contributed by atoms with Gasteiger partial charge in [0.25, 0.3) is 0 Å². The maximum atomic E-state index is 11.2. The summed E-state index contributed by atoms with van der Waals surface area (Å²) in [5, 5.41) is 13.3. The minimum Gasteiger partial charge on any atom is -0.490 e. The number of rotatable bonds is 8. The van der Waals surface area contributed by atoms with Gasteiger partial charge in [0, 0.05) is 36.4 Å². The smallest absolute Gasteiger partial charge is 0.352 e. The number of para-hydroxylation sites is 1. The number of carbonyl (C=O) groups is 1. The summed E-state index contributed by atoms with van der Waals surface area (Å²) in [6, 6.07) is 17.7. The molecule has 0 aliphatic heterocycles. The summed E-state index contributed by atoms with van der Waals surface area (Å²) < 4.78 is 5.85. The molecule has 0 amide bonds. The summed E-state index contributed by atoms with van der Waals surface area (Å²) in [7, 11) is 0. The van der Waals surface area contributed by atoms with E-state index in [0.29, 0.717) is 31.0 Å². The summed E-state index contributed by atoms with van der Waals surface area (Å²) >= 11 is 0. The van der Waals surface area contributed by atoms with Crippen molar-refractivity contribution in [3.8, 4) is 16.9 Å². The molecular formula is C24H23N3O3. The van der Waals surface area contributed by atoms with Crippen molar-refractivity contribution in [1.82, 2.24) is 15.3 Å². The van der Waals surface area contributed by atoms with Gasteiger partial charge in [-0.2, -0.15) is 0 Å². The zero-order valence-electron chi connectivity index (χ0n) is 16.7. The van der Waals surface area contributed by atoms with Gasteiger partial charge in [0.2, 0.25) is 0 Å². The lowest BCUT2D eigenvalue weighted by Gasteiger charge is -2.09. The highest BCUT2D eigenvalue weighted by atomic mass is 16.5. The Labute approximate surface area is 174 Å². The first-order valence-corrected chi connectivity index (χ1v) is 9.80. The molecular weight excluding hydrogens is 378 g/mol. The third-order valence-electron chi connectivity index (χ3n) is 4.89. The molecule has 0 aliphatic rings. The monoisotopic (exact) mass is 401 g/mol. The van der Waals surface area contributed by atoms with Crippen LogP contribution in [0.3, 0.4) is 0 Å². The highest BCUT2D eigenvalue weighted by Gasteiger charge is 2.10. The number of carboxylic acids is 1. The zero-order valence-corrected chi connectivity index (χ0v) is 16.7. The molecule has 0 unspecified atom stereocenters. The van der Waals surface area contributed by atoms with Gasteiger partial charge in [-0.25, -0.2) is 4.79 Å². The lowest BCUT2D eigenvalue weighted by molar-refractivity contribution is 0.0691. The number of H-pyrrole nitrogens is 1. The molecule has 6 nitrogen and oxygen atoms in total. The van der Waals surface area contributed by atoms with Gasteiger partial charge in [-0.3, -0.25) is 4.98 Å². The number of nitrogens with zero attached hydrogens (tertiary/aromatic N) is 1. The van der Waals surface area contributed by atoms with E-state index < -0.39 is 5.97 Å². The van der Waals surface area contributed by atoms with E-state index in [1.807, 2.05) is 30.6 Å². The van der Waals surface area contributed by atoms with Crippen LogP contribution >= 0.6 is 0 Å². The summed E-state index contributed by atoms with van der Waals surface area (Å²) in [6.07, 6.45) is 3.73. The molecule has 0 bridgehead atoms. The van der Waals surface area contributed by atoms with Crippen LogP contribution in [-0.4, -0.2) is 34.2 Å². The van der Waals surface area contributed by atoms with Gasteiger partial charge in [0.05, 0.1) is 5.52 Å². The number of fused-ring (bicyclic) bond motifs is 1. The molecule has 0 atom stereocenters. The fourth-order valence-electron chi connectivity index (χ4n) is 3.32. The number of pyridine rings is 1. The molecule has 0 saturated carbocycles. The summed E-state index contributed by atoms with van der Waals surface area (Å²) in [5.74, 6) is -0.342. The van der Waals surface area contributed by atoms with Crippen LogP contribution in [0.4, 0.5) is 0 Å². The predicted molar refractivity (Wildman–Crippen MR) is 117 cm³/mol. The number of aromatic amines is 1. The van der Waals surface area contributed by atoms with E-state index in [1.165, 1.54) is 5.56 Å². The van der Waals surface area contributed by atoms with Crippen LogP contribution in [0.15, 0.2) is 67.0 Å². The highest BCUT2D eigenvalue weighted by Crippen LogP contribution is 2.25. The van der Waals surface area contributed by atoms with E-state index in [-0.39, 0.29) is 5.69 Å². The lowest BCUT2D eigenvalue weighted by Crippen LogP contribution is -2.20. The molecule has 6 heteroatoms. The minimum atomic E-state index is -0.986. The van der Waals surface area contributed by atoms with Gasteiger partial charge >= 0.3 is 5.97 Å². The number of aryl methyl sites for hydroxylation is 1. The van der Waals surface area contributed by atoms with Gasteiger partial charge in [0.1, 0.15) is 18.1 Å². The standard InChI is InChI=1S/C24H23N3O3/c1-16-5-7-18(8-6-16)20-11-17(14-26-15-20)13-25-9-10-30-22-4-2-3-19-12-21(24(28)29)27-23(19)22/h2-8,11-12,14-15,25,27H,9-10,13H2,1H3,(H,28,29). The molecule has 0 fully saturated rings. The lowest BCUT2D eigenvalue weighted by atomic mass is 10.0. The second-order valence-electron chi connectivity index (χ2n) is 7.18. The van der Waals surface area contributed by atoms with Gasteiger partial charge in [-0.1, -0.05) is 42.0 Å². The molecule has 3 N–H and O–H groups in total.